The molecule has 0 N–H and O–H groups in total. The molecule has 7 heteroatoms. The van der Waals surface area contributed by atoms with Crippen molar-refractivity contribution in [3.63, 3.8) is 0 Å². The van der Waals surface area contributed by atoms with Gasteiger partial charge in [-0.3, -0.25) is 0 Å². The van der Waals surface area contributed by atoms with E-state index in [4.69, 9.17) is 4.42 Å². The number of furan rings is 1. The molecule has 0 saturated carbocycles. The maximum atomic E-state index is 10.6. The zero-order valence-electron chi connectivity index (χ0n) is 8.03. The fourth-order valence-corrected chi connectivity index (χ4v) is 1.07. The molecule has 0 amide bonds. The average molecular weight is 218 g/mol. The first-order chi connectivity index (χ1) is 7.70. The van der Waals surface area contributed by atoms with Gasteiger partial charge in [-0.1, -0.05) is 6.58 Å². The Bertz CT molecular complexity index is 536. The second kappa shape index (κ2) is 3.89. The highest BCUT2D eigenvalue weighted by Gasteiger charge is 2.18. The van der Waals surface area contributed by atoms with Gasteiger partial charge in [0, 0.05) is 0 Å². The van der Waals surface area contributed by atoms with E-state index in [1.165, 1.54) is 12.3 Å². The molecule has 7 nitrogen and oxygen atoms in total. The quantitative estimate of drug-likeness (QED) is 0.574. The van der Waals surface area contributed by atoms with Crippen LogP contribution in [0.25, 0.3) is 17.7 Å². The zero-order chi connectivity index (χ0) is 11.5. The first kappa shape index (κ1) is 9.97. The van der Waals surface area contributed by atoms with Crippen molar-refractivity contribution in [2.24, 2.45) is 0 Å². The van der Waals surface area contributed by atoms with E-state index in [1.54, 1.807) is 12.1 Å². The van der Waals surface area contributed by atoms with Crippen molar-refractivity contribution in [3.05, 3.63) is 40.9 Å². The number of hydrogen-bond acceptors (Lipinski definition) is 6. The smallest absolute Gasteiger partial charge is 0.459 e. The molecule has 0 saturated heterocycles. The van der Waals surface area contributed by atoms with Gasteiger partial charge in [-0.25, -0.2) is 0 Å². The lowest BCUT2D eigenvalue weighted by atomic mass is 10.4. The maximum absolute atomic E-state index is 10.6. The number of rotatable bonds is 3. The molecule has 80 valence electrons. The Kier molecular flexibility index (Phi) is 2.42. The van der Waals surface area contributed by atoms with Gasteiger partial charge in [0.05, 0.1) is 6.26 Å². The Morgan fingerprint density at radius 2 is 2.25 bits per heavy atom. The summed E-state index contributed by atoms with van der Waals surface area (Å²) in [5.74, 6) is 0.0552. The monoisotopic (exact) mass is 218 g/mol. The third-order valence-electron chi connectivity index (χ3n) is 1.73. The minimum absolute atomic E-state index is 0.113. The molecule has 0 unspecified atom stereocenters. The highest BCUT2D eigenvalue weighted by Crippen LogP contribution is 2.17. The second-order valence-electron chi connectivity index (χ2n) is 2.76. The lowest BCUT2D eigenvalue weighted by Gasteiger charge is -1.94. The Hall–Kier alpha value is -2.57. The van der Waals surface area contributed by atoms with E-state index >= 15 is 0 Å². The standard InChI is InChI=1S/C9H6N4O3/c1-2-7-10-8(6-4-3-5-16-6)12-9(11-7)13(14)15/h2-5H,1H2. The minimum Gasteiger partial charge on any atom is -0.459 e. The second-order valence-corrected chi connectivity index (χ2v) is 2.76. The highest BCUT2D eigenvalue weighted by atomic mass is 16.6. The van der Waals surface area contributed by atoms with Crippen LogP contribution >= 0.6 is 0 Å². The molecule has 2 rings (SSSR count). The number of nitrogens with zero attached hydrogens (tertiary/aromatic N) is 4. The van der Waals surface area contributed by atoms with Crippen molar-refractivity contribution in [2.45, 2.75) is 0 Å². The van der Waals surface area contributed by atoms with Gasteiger partial charge in [0.25, 0.3) is 5.82 Å². The Balaban J connectivity index is 2.58. The molecule has 0 atom stereocenters. The zero-order valence-corrected chi connectivity index (χ0v) is 8.03. The van der Waals surface area contributed by atoms with E-state index in [-0.39, 0.29) is 11.6 Å². The summed E-state index contributed by atoms with van der Waals surface area (Å²) in [4.78, 5) is 21.1. The van der Waals surface area contributed by atoms with Crippen LogP contribution in [0.1, 0.15) is 5.82 Å². The molecule has 0 fully saturated rings. The van der Waals surface area contributed by atoms with Crippen molar-refractivity contribution in [2.75, 3.05) is 0 Å². The summed E-state index contributed by atoms with van der Waals surface area (Å²) in [7, 11) is 0. The van der Waals surface area contributed by atoms with Gasteiger partial charge in [0.15, 0.2) is 5.76 Å². The van der Waals surface area contributed by atoms with Crippen LogP contribution in [-0.4, -0.2) is 19.9 Å². The van der Waals surface area contributed by atoms with Gasteiger partial charge in [-0.05, 0) is 33.1 Å². The van der Waals surface area contributed by atoms with Crippen LogP contribution in [0.5, 0.6) is 0 Å². The third kappa shape index (κ3) is 1.78. The Morgan fingerprint density at radius 3 is 2.81 bits per heavy atom. The first-order valence-electron chi connectivity index (χ1n) is 4.27. The molecule has 0 aliphatic rings. The summed E-state index contributed by atoms with van der Waals surface area (Å²) in [5.41, 5.74) is 0. The van der Waals surface area contributed by atoms with Gasteiger partial charge in [0.2, 0.25) is 5.82 Å². The summed E-state index contributed by atoms with van der Waals surface area (Å²) < 4.78 is 5.04. The Morgan fingerprint density at radius 1 is 1.44 bits per heavy atom. The number of nitro groups is 1. The third-order valence-corrected chi connectivity index (χ3v) is 1.73. The predicted octanol–water partition coefficient (Wildman–Crippen LogP) is 1.68. The van der Waals surface area contributed by atoms with Crippen LogP contribution in [-0.2, 0) is 0 Å². The average Bonchev–Trinajstić information content (AvgIpc) is 2.81. The van der Waals surface area contributed by atoms with Crippen molar-refractivity contribution in [1.29, 1.82) is 0 Å². The SMILES string of the molecule is C=Cc1nc(-c2ccco2)nc([N+](=O)[O-])n1. The van der Waals surface area contributed by atoms with Crippen LogP contribution in [0.4, 0.5) is 5.95 Å². The van der Waals surface area contributed by atoms with Crippen molar-refractivity contribution in [1.82, 2.24) is 15.0 Å². The van der Waals surface area contributed by atoms with E-state index in [0.29, 0.717) is 5.76 Å². The fourth-order valence-electron chi connectivity index (χ4n) is 1.07. The lowest BCUT2D eigenvalue weighted by molar-refractivity contribution is -0.394. The molecule has 2 aromatic heterocycles. The minimum atomic E-state index is -0.693. The molecule has 0 aromatic carbocycles. The topological polar surface area (TPSA) is 95.0 Å². The number of hydrogen-bond donors (Lipinski definition) is 0. The molecule has 0 radical (unpaired) electrons. The normalized spacial score (nSPS) is 10.0. The largest absolute Gasteiger partial charge is 0.473 e. The molecule has 2 aromatic rings. The fraction of sp³-hybridized carbons (Fsp3) is 0. The van der Waals surface area contributed by atoms with Gasteiger partial charge >= 0.3 is 5.95 Å². The van der Waals surface area contributed by atoms with Gasteiger partial charge in [0.1, 0.15) is 0 Å². The van der Waals surface area contributed by atoms with Crippen molar-refractivity contribution < 1.29 is 9.34 Å². The van der Waals surface area contributed by atoms with Crippen molar-refractivity contribution in [3.8, 4) is 11.6 Å². The molecule has 0 bridgehead atoms. The van der Waals surface area contributed by atoms with E-state index in [1.807, 2.05) is 0 Å². The summed E-state index contributed by atoms with van der Waals surface area (Å²) >= 11 is 0. The molecule has 0 aliphatic heterocycles. The summed E-state index contributed by atoms with van der Waals surface area (Å²) in [6, 6.07) is 3.24. The summed E-state index contributed by atoms with van der Waals surface area (Å²) in [6.07, 6.45) is 2.74. The van der Waals surface area contributed by atoms with Crippen molar-refractivity contribution >= 4 is 12.0 Å². The van der Waals surface area contributed by atoms with Crippen LogP contribution < -0.4 is 0 Å². The summed E-state index contributed by atoms with van der Waals surface area (Å²) in [5, 5.41) is 10.6. The molecule has 2 heterocycles. The molecule has 16 heavy (non-hydrogen) atoms. The maximum Gasteiger partial charge on any atom is 0.473 e. The number of aromatic nitrogens is 3. The van der Waals surface area contributed by atoms with Gasteiger partial charge in [-0.2, -0.15) is 4.98 Å². The van der Waals surface area contributed by atoms with E-state index in [2.05, 4.69) is 21.5 Å². The van der Waals surface area contributed by atoms with Crippen LogP contribution in [0.15, 0.2) is 29.4 Å². The Labute approximate surface area is 89.6 Å². The van der Waals surface area contributed by atoms with Crippen LogP contribution in [0, 0.1) is 10.1 Å². The summed E-state index contributed by atoms with van der Waals surface area (Å²) in [6.45, 7) is 3.45. The predicted molar refractivity (Wildman–Crippen MR) is 54.3 cm³/mol. The molecule has 0 spiro atoms. The van der Waals surface area contributed by atoms with Gasteiger partial charge in [-0.15, -0.1) is 0 Å². The van der Waals surface area contributed by atoms with Crippen LogP contribution in [0.2, 0.25) is 0 Å². The molecular formula is C9H6N4O3. The molecular weight excluding hydrogens is 212 g/mol. The van der Waals surface area contributed by atoms with E-state index in [0.717, 1.165) is 0 Å². The van der Waals surface area contributed by atoms with E-state index < -0.39 is 10.9 Å². The van der Waals surface area contributed by atoms with E-state index in [9.17, 15) is 10.1 Å². The van der Waals surface area contributed by atoms with Crippen LogP contribution in [0.3, 0.4) is 0 Å². The first-order valence-corrected chi connectivity index (χ1v) is 4.27. The molecule has 0 aliphatic carbocycles. The van der Waals surface area contributed by atoms with Gasteiger partial charge < -0.3 is 14.5 Å². The highest BCUT2D eigenvalue weighted by molar-refractivity contribution is 5.50. The lowest BCUT2D eigenvalue weighted by Crippen LogP contribution is -2.02.